The third-order valence-electron chi connectivity index (χ3n) is 4.18. The van der Waals surface area contributed by atoms with Crippen molar-refractivity contribution < 1.29 is 33.2 Å². The van der Waals surface area contributed by atoms with Crippen LogP contribution in [0.3, 0.4) is 0 Å². The number of nitrogen functional groups attached to an aromatic ring is 1. The number of pyridine rings is 1. The monoisotopic (exact) mass is 500 g/mol. The van der Waals surface area contributed by atoms with Gasteiger partial charge in [0.25, 0.3) is 5.91 Å². The van der Waals surface area contributed by atoms with Crippen LogP contribution in [0.4, 0.5) is 23.0 Å². The molecule has 0 bridgehead atoms. The molecule has 3 aromatic rings. The number of carbonyl (C=O) groups is 2. The number of carbonyl (C=O) groups excluding carboxylic acids is 2. The molecule has 0 radical (unpaired) electrons. The first-order valence-electron chi connectivity index (χ1n) is 9.94. The largest absolute Gasteiger partial charge is 0.472 e. The van der Waals surface area contributed by atoms with Crippen molar-refractivity contribution >= 4 is 42.6 Å². The van der Waals surface area contributed by atoms with Crippen LogP contribution in [-0.4, -0.2) is 39.9 Å². The zero-order valence-corrected chi connectivity index (χ0v) is 19.0. The SMILES string of the molecule is Nc1nc(NC(=O)CNC(=O)c2ccccc2)ccc1N=Nc1ccccc1OCOP(=O)(O)O. The standard InChI is InChI=1S/C21H21N6O7P/c22-20-16(27-26-15-8-4-5-9-17(15)33-13-34-35(30,31)32)10-11-18(25-20)24-19(28)12-23-21(29)14-6-2-1-3-7-14/h1-11H,12-13H2,(H,23,29)(H2,30,31,32)(H3,22,24,25,28). The highest BCUT2D eigenvalue weighted by atomic mass is 31.2. The topological polar surface area (TPSA) is 198 Å². The van der Waals surface area contributed by atoms with Gasteiger partial charge in [-0.2, -0.15) is 0 Å². The molecule has 1 heterocycles. The Hall–Kier alpha value is -4.16. The predicted molar refractivity (Wildman–Crippen MR) is 125 cm³/mol. The summed E-state index contributed by atoms with van der Waals surface area (Å²) in [5, 5.41) is 13.0. The van der Waals surface area contributed by atoms with Crippen LogP contribution in [0.1, 0.15) is 10.4 Å². The van der Waals surface area contributed by atoms with Crippen molar-refractivity contribution in [2.75, 3.05) is 24.4 Å². The Morgan fingerprint density at radius 1 is 0.971 bits per heavy atom. The van der Waals surface area contributed by atoms with Gasteiger partial charge in [0.2, 0.25) is 5.91 Å². The number of rotatable bonds is 10. The number of para-hydroxylation sites is 1. The Morgan fingerprint density at radius 3 is 2.37 bits per heavy atom. The summed E-state index contributed by atoms with van der Waals surface area (Å²) in [6.07, 6.45) is 0. The van der Waals surface area contributed by atoms with E-state index in [1.165, 1.54) is 18.2 Å². The summed E-state index contributed by atoms with van der Waals surface area (Å²) in [5.41, 5.74) is 6.77. The molecule has 1 aromatic heterocycles. The van der Waals surface area contributed by atoms with Gasteiger partial charge in [0.05, 0.1) is 6.54 Å². The molecule has 0 fully saturated rings. The third-order valence-corrected chi connectivity index (χ3v) is 4.62. The molecule has 13 nitrogen and oxygen atoms in total. The molecule has 6 N–H and O–H groups in total. The van der Waals surface area contributed by atoms with Crippen molar-refractivity contribution in [3.05, 3.63) is 72.3 Å². The first kappa shape index (κ1) is 25.5. The van der Waals surface area contributed by atoms with E-state index >= 15 is 0 Å². The lowest BCUT2D eigenvalue weighted by Gasteiger charge is -2.09. The average molecular weight is 500 g/mol. The summed E-state index contributed by atoms with van der Waals surface area (Å²) in [4.78, 5) is 45.6. The van der Waals surface area contributed by atoms with E-state index in [4.69, 9.17) is 20.3 Å². The van der Waals surface area contributed by atoms with E-state index in [0.29, 0.717) is 5.56 Å². The second-order valence-electron chi connectivity index (χ2n) is 6.75. The normalized spacial score (nSPS) is 11.3. The third kappa shape index (κ3) is 8.28. The number of nitrogens with zero attached hydrogens (tertiary/aromatic N) is 3. The van der Waals surface area contributed by atoms with Crippen LogP contribution < -0.4 is 21.1 Å². The number of nitrogens with one attached hydrogen (secondary N) is 2. The number of azo groups is 1. The molecule has 2 amide bonds. The molecule has 3 rings (SSSR count). The van der Waals surface area contributed by atoms with Crippen molar-refractivity contribution in [1.29, 1.82) is 0 Å². The molecule has 0 aliphatic heterocycles. The molecule has 14 heteroatoms. The molecule has 0 unspecified atom stereocenters. The van der Waals surface area contributed by atoms with Crippen LogP contribution in [0.15, 0.2) is 77.0 Å². The van der Waals surface area contributed by atoms with Gasteiger partial charge in [-0.25, -0.2) is 14.1 Å². The van der Waals surface area contributed by atoms with Gasteiger partial charge in [-0.1, -0.05) is 30.3 Å². The Kier molecular flexibility index (Phi) is 8.59. The number of hydrogen-bond donors (Lipinski definition) is 5. The average Bonchev–Trinajstić information content (AvgIpc) is 2.82. The van der Waals surface area contributed by atoms with Crippen molar-refractivity contribution in [1.82, 2.24) is 10.3 Å². The number of hydrogen-bond acceptors (Lipinski definition) is 9. The first-order valence-corrected chi connectivity index (χ1v) is 11.5. The minimum absolute atomic E-state index is 0.0249. The van der Waals surface area contributed by atoms with Crippen LogP contribution in [0.2, 0.25) is 0 Å². The molecule has 0 aliphatic rings. The zero-order chi connectivity index (χ0) is 25.3. The summed E-state index contributed by atoms with van der Waals surface area (Å²) < 4.78 is 20.2. The van der Waals surface area contributed by atoms with Crippen LogP contribution in [0.5, 0.6) is 5.75 Å². The Balaban J connectivity index is 1.58. The highest BCUT2D eigenvalue weighted by Gasteiger charge is 2.14. The molecular formula is C21H21N6O7P. The smallest absolute Gasteiger partial charge is 0.465 e. The number of aromatic nitrogens is 1. The van der Waals surface area contributed by atoms with Crippen molar-refractivity contribution in [2.24, 2.45) is 10.2 Å². The molecule has 0 atom stereocenters. The Labute approximate surface area is 199 Å². The van der Waals surface area contributed by atoms with E-state index in [0.717, 1.165) is 0 Å². The summed E-state index contributed by atoms with van der Waals surface area (Å²) in [7, 11) is -4.68. The molecule has 182 valence electrons. The van der Waals surface area contributed by atoms with E-state index in [-0.39, 0.29) is 41.2 Å². The van der Waals surface area contributed by atoms with Gasteiger partial charge in [0, 0.05) is 5.56 Å². The van der Waals surface area contributed by atoms with Crippen LogP contribution in [0, 0.1) is 0 Å². The maximum atomic E-state index is 12.1. The zero-order valence-electron chi connectivity index (χ0n) is 18.1. The number of ether oxygens (including phenoxy) is 1. The molecule has 2 aromatic carbocycles. The Morgan fingerprint density at radius 2 is 1.66 bits per heavy atom. The number of anilines is 2. The van der Waals surface area contributed by atoms with Gasteiger partial charge >= 0.3 is 7.82 Å². The second kappa shape index (κ2) is 11.8. The van der Waals surface area contributed by atoms with Gasteiger partial charge in [-0.05, 0) is 36.4 Å². The fourth-order valence-corrected chi connectivity index (χ4v) is 2.78. The van der Waals surface area contributed by atoms with Gasteiger partial charge in [-0.3, -0.25) is 9.59 Å². The molecule has 0 saturated carbocycles. The fourth-order valence-electron chi connectivity index (χ4n) is 2.59. The van der Waals surface area contributed by atoms with Crippen molar-refractivity contribution in [3.63, 3.8) is 0 Å². The molecule has 0 saturated heterocycles. The van der Waals surface area contributed by atoms with Crippen molar-refractivity contribution in [2.45, 2.75) is 0 Å². The molecular weight excluding hydrogens is 479 g/mol. The maximum absolute atomic E-state index is 12.1. The van der Waals surface area contributed by atoms with Crippen LogP contribution in [0.25, 0.3) is 0 Å². The van der Waals surface area contributed by atoms with Gasteiger partial charge in [0.15, 0.2) is 12.6 Å². The van der Waals surface area contributed by atoms with E-state index in [1.807, 2.05) is 0 Å². The maximum Gasteiger partial charge on any atom is 0.472 e. The number of phosphoric acid groups is 1. The van der Waals surface area contributed by atoms with E-state index in [9.17, 15) is 14.2 Å². The van der Waals surface area contributed by atoms with E-state index in [2.05, 4.69) is 30.4 Å². The van der Waals surface area contributed by atoms with E-state index in [1.54, 1.807) is 48.5 Å². The number of nitrogens with two attached hydrogens (primary N) is 1. The minimum atomic E-state index is -4.68. The molecule has 0 spiro atoms. The minimum Gasteiger partial charge on any atom is -0.465 e. The Bertz CT molecular complexity index is 1270. The summed E-state index contributed by atoms with van der Waals surface area (Å²) in [6.45, 7) is -0.958. The fraction of sp³-hybridized carbons (Fsp3) is 0.0952. The lowest BCUT2D eigenvalue weighted by Crippen LogP contribution is -2.33. The van der Waals surface area contributed by atoms with Gasteiger partial charge < -0.3 is 30.9 Å². The number of amides is 2. The highest BCUT2D eigenvalue weighted by Crippen LogP contribution is 2.36. The predicted octanol–water partition coefficient (Wildman–Crippen LogP) is 2.89. The lowest BCUT2D eigenvalue weighted by atomic mass is 10.2. The lowest BCUT2D eigenvalue weighted by molar-refractivity contribution is -0.115. The van der Waals surface area contributed by atoms with E-state index < -0.39 is 20.5 Å². The van der Waals surface area contributed by atoms with Gasteiger partial charge in [-0.15, -0.1) is 10.2 Å². The van der Waals surface area contributed by atoms with Crippen molar-refractivity contribution in [3.8, 4) is 5.75 Å². The molecule has 35 heavy (non-hydrogen) atoms. The van der Waals surface area contributed by atoms with Gasteiger partial charge in [0.1, 0.15) is 22.9 Å². The van der Waals surface area contributed by atoms with Crippen LogP contribution in [-0.2, 0) is 13.9 Å². The summed E-state index contributed by atoms with van der Waals surface area (Å²) in [6, 6.07) is 17.7. The summed E-state index contributed by atoms with van der Waals surface area (Å²) >= 11 is 0. The summed E-state index contributed by atoms with van der Waals surface area (Å²) in [5.74, 6) is -0.597. The number of phosphoric ester groups is 1. The number of benzene rings is 2. The quantitative estimate of drug-likeness (QED) is 0.158. The molecule has 0 aliphatic carbocycles. The van der Waals surface area contributed by atoms with Crippen LogP contribution >= 0.6 is 7.82 Å². The highest BCUT2D eigenvalue weighted by molar-refractivity contribution is 7.46. The second-order valence-corrected chi connectivity index (χ2v) is 7.99. The first-order chi connectivity index (χ1) is 16.7.